The number of alkyl halides is 3. The van der Waals surface area contributed by atoms with Gasteiger partial charge in [0, 0.05) is 11.8 Å². The Morgan fingerprint density at radius 3 is 2.29 bits per heavy atom. The quantitative estimate of drug-likeness (QED) is 0.427. The van der Waals surface area contributed by atoms with Crippen LogP contribution in [0, 0.1) is 0 Å². The van der Waals surface area contributed by atoms with Gasteiger partial charge >= 0.3 is 18.2 Å². The number of rotatable bonds is 5. The average molecular weight is 606 g/mol. The Kier molecular flexibility index (Phi) is 8.05. The van der Waals surface area contributed by atoms with Crippen LogP contribution in [-0.4, -0.2) is 53.9 Å². The molecule has 3 aromatic rings. The van der Waals surface area contributed by atoms with Crippen molar-refractivity contribution < 1.29 is 45.8 Å². The third kappa shape index (κ3) is 6.87. The fourth-order valence-corrected chi connectivity index (χ4v) is 5.84. The summed E-state index contributed by atoms with van der Waals surface area (Å²) in [4.78, 5) is 42.9. The number of benzene rings is 2. The molecule has 1 aliphatic rings. The third-order valence-electron chi connectivity index (χ3n) is 6.15. The molecule has 2 aromatic carbocycles. The normalized spacial score (nSPS) is 16.8. The van der Waals surface area contributed by atoms with Gasteiger partial charge in [0.25, 0.3) is 5.91 Å². The van der Waals surface area contributed by atoms with E-state index in [4.69, 9.17) is 4.74 Å². The number of aromatic carboxylic acids is 1. The van der Waals surface area contributed by atoms with Gasteiger partial charge in [0.05, 0.1) is 39.7 Å². The van der Waals surface area contributed by atoms with Crippen LogP contribution in [0.4, 0.5) is 23.7 Å². The van der Waals surface area contributed by atoms with Crippen LogP contribution in [0.5, 0.6) is 0 Å². The zero-order valence-corrected chi connectivity index (χ0v) is 23.4. The Morgan fingerprint density at radius 1 is 1.07 bits per heavy atom. The van der Waals surface area contributed by atoms with Crippen molar-refractivity contribution in [2.75, 3.05) is 10.7 Å². The molecule has 0 saturated carbocycles. The number of carboxylic acid groups (broad SMARTS) is 1. The molecule has 1 aromatic heterocycles. The number of carboxylic acids is 1. The van der Waals surface area contributed by atoms with E-state index in [1.165, 1.54) is 24.4 Å². The lowest BCUT2D eigenvalue weighted by molar-refractivity contribution is -0.137. The van der Waals surface area contributed by atoms with Gasteiger partial charge in [-0.1, -0.05) is 18.2 Å². The summed E-state index contributed by atoms with van der Waals surface area (Å²) < 4.78 is 70.5. The molecule has 1 aliphatic heterocycles. The standard InChI is InChI=1S/C28H26F3N3O7S/c1-27(2,3)41-26(38)33-21-15-42(39,40)23-11-7-18(25(36)37)12-22(23)34(24(21)35)14-16-4-10-20(32-13-16)17-5-8-19(9-6-17)28(29,30)31/h4-13,21H,14-15H2,1-3H3,(H,33,38)(H,36,37)/t21-/m0/s1. The highest BCUT2D eigenvalue weighted by molar-refractivity contribution is 7.91. The van der Waals surface area contributed by atoms with Gasteiger partial charge in [-0.25, -0.2) is 18.0 Å². The van der Waals surface area contributed by atoms with Crippen molar-refractivity contribution in [2.45, 2.75) is 50.0 Å². The van der Waals surface area contributed by atoms with Gasteiger partial charge in [-0.15, -0.1) is 0 Å². The van der Waals surface area contributed by atoms with Crippen molar-refractivity contribution in [1.29, 1.82) is 0 Å². The summed E-state index contributed by atoms with van der Waals surface area (Å²) in [6.07, 6.45) is -4.15. The van der Waals surface area contributed by atoms with Crippen LogP contribution in [0.1, 0.15) is 42.3 Å². The molecule has 42 heavy (non-hydrogen) atoms. The molecule has 2 N–H and O–H groups in total. The van der Waals surface area contributed by atoms with E-state index in [-0.39, 0.29) is 22.7 Å². The Morgan fingerprint density at radius 2 is 1.74 bits per heavy atom. The molecular formula is C28H26F3N3O7S. The number of carbonyl (C=O) groups is 3. The second-order valence-electron chi connectivity index (χ2n) is 10.5. The number of halogens is 3. The van der Waals surface area contributed by atoms with Gasteiger partial charge < -0.3 is 20.1 Å². The number of aromatic nitrogens is 1. The number of fused-ring (bicyclic) bond motifs is 1. The number of hydrogen-bond donors (Lipinski definition) is 2. The van der Waals surface area contributed by atoms with E-state index in [0.29, 0.717) is 16.8 Å². The fraction of sp³-hybridized carbons (Fsp3) is 0.286. The highest BCUT2D eigenvalue weighted by Gasteiger charge is 2.40. The number of carbonyl (C=O) groups excluding carboxylic acids is 2. The molecule has 0 saturated heterocycles. The topological polar surface area (TPSA) is 143 Å². The van der Waals surface area contributed by atoms with Crippen molar-refractivity contribution in [1.82, 2.24) is 10.3 Å². The van der Waals surface area contributed by atoms with Gasteiger partial charge in [-0.3, -0.25) is 9.78 Å². The third-order valence-corrected chi connectivity index (χ3v) is 7.93. The molecule has 0 spiro atoms. The molecule has 0 fully saturated rings. The van der Waals surface area contributed by atoms with Gasteiger partial charge in [-0.2, -0.15) is 13.2 Å². The highest BCUT2D eigenvalue weighted by Crippen LogP contribution is 2.34. The number of hydrogen-bond acceptors (Lipinski definition) is 7. The summed E-state index contributed by atoms with van der Waals surface area (Å²) in [7, 11) is -4.20. The van der Waals surface area contributed by atoms with Crippen LogP contribution in [0.25, 0.3) is 11.3 Å². The Bertz CT molecular complexity index is 1630. The lowest BCUT2D eigenvalue weighted by atomic mass is 10.1. The number of ether oxygens (including phenoxy) is 1. The first kappa shape index (κ1) is 30.5. The number of alkyl carbamates (subject to hydrolysis) is 1. The molecule has 0 aliphatic carbocycles. The largest absolute Gasteiger partial charge is 0.478 e. The summed E-state index contributed by atoms with van der Waals surface area (Å²) in [5.41, 5.74) is -1.07. The number of nitrogens with one attached hydrogen (secondary N) is 1. The maximum Gasteiger partial charge on any atom is 0.416 e. The lowest BCUT2D eigenvalue weighted by Crippen LogP contribution is -2.51. The zero-order chi connectivity index (χ0) is 31.0. The van der Waals surface area contributed by atoms with E-state index in [9.17, 15) is 41.1 Å². The second kappa shape index (κ2) is 11.1. The van der Waals surface area contributed by atoms with Gasteiger partial charge in [0.2, 0.25) is 0 Å². The first-order valence-electron chi connectivity index (χ1n) is 12.5. The first-order valence-corrected chi connectivity index (χ1v) is 14.1. The average Bonchev–Trinajstić information content (AvgIpc) is 2.96. The maximum absolute atomic E-state index is 13.7. The minimum Gasteiger partial charge on any atom is -0.478 e. The van der Waals surface area contributed by atoms with E-state index in [2.05, 4.69) is 10.3 Å². The Hall–Kier alpha value is -4.46. The zero-order valence-electron chi connectivity index (χ0n) is 22.6. The summed E-state index contributed by atoms with van der Waals surface area (Å²) in [6, 6.07) is 9.14. The van der Waals surface area contributed by atoms with Crippen molar-refractivity contribution in [3.8, 4) is 11.3 Å². The fourth-order valence-electron chi connectivity index (χ4n) is 4.23. The van der Waals surface area contributed by atoms with E-state index in [1.807, 2.05) is 0 Å². The van der Waals surface area contributed by atoms with Crippen LogP contribution >= 0.6 is 0 Å². The van der Waals surface area contributed by atoms with E-state index < -0.39 is 56.9 Å². The predicted molar refractivity (Wildman–Crippen MR) is 144 cm³/mol. The summed E-state index contributed by atoms with van der Waals surface area (Å²) in [5, 5.41) is 11.8. The van der Waals surface area contributed by atoms with E-state index in [1.54, 1.807) is 26.8 Å². The minimum absolute atomic E-state index is 0.194. The summed E-state index contributed by atoms with van der Waals surface area (Å²) in [5.74, 6) is -2.98. The Labute approximate surface area is 239 Å². The van der Waals surface area contributed by atoms with Crippen LogP contribution in [0.2, 0.25) is 0 Å². The van der Waals surface area contributed by atoms with Crippen LogP contribution in [-0.2, 0) is 32.1 Å². The molecular weight excluding hydrogens is 579 g/mol. The lowest BCUT2D eigenvalue weighted by Gasteiger charge is -2.27. The van der Waals surface area contributed by atoms with Crippen molar-refractivity contribution in [3.05, 3.63) is 77.5 Å². The second-order valence-corrected chi connectivity index (χ2v) is 12.5. The monoisotopic (exact) mass is 605 g/mol. The van der Waals surface area contributed by atoms with Crippen LogP contribution in [0.3, 0.4) is 0 Å². The van der Waals surface area contributed by atoms with E-state index >= 15 is 0 Å². The smallest absolute Gasteiger partial charge is 0.416 e. The molecule has 10 nitrogen and oxygen atoms in total. The number of pyridine rings is 1. The van der Waals surface area contributed by atoms with Crippen molar-refractivity contribution in [2.24, 2.45) is 0 Å². The molecule has 0 bridgehead atoms. The molecule has 1 atom stereocenters. The molecule has 0 radical (unpaired) electrons. The number of nitrogens with zero attached hydrogens (tertiary/aromatic N) is 2. The molecule has 0 unspecified atom stereocenters. The summed E-state index contributed by atoms with van der Waals surface area (Å²) in [6.45, 7) is 4.51. The molecule has 2 amide bonds. The minimum atomic E-state index is -4.49. The van der Waals surface area contributed by atoms with Crippen molar-refractivity contribution in [3.63, 3.8) is 0 Å². The van der Waals surface area contributed by atoms with E-state index in [0.717, 1.165) is 35.2 Å². The van der Waals surface area contributed by atoms with Crippen LogP contribution in [0.15, 0.2) is 65.7 Å². The predicted octanol–water partition coefficient (Wildman–Crippen LogP) is 4.68. The first-order chi connectivity index (χ1) is 19.4. The Balaban J connectivity index is 1.70. The number of amides is 2. The van der Waals surface area contributed by atoms with Gasteiger partial charge in [0.1, 0.15) is 11.6 Å². The summed E-state index contributed by atoms with van der Waals surface area (Å²) >= 11 is 0. The highest BCUT2D eigenvalue weighted by atomic mass is 32.2. The molecule has 4 rings (SSSR count). The number of sulfone groups is 1. The van der Waals surface area contributed by atoms with Gasteiger partial charge in [0.15, 0.2) is 9.84 Å². The number of anilines is 1. The van der Waals surface area contributed by atoms with Crippen molar-refractivity contribution >= 4 is 33.5 Å². The maximum atomic E-state index is 13.7. The SMILES string of the molecule is CC(C)(C)OC(=O)N[C@H]1CS(=O)(=O)c2ccc(C(=O)O)cc2N(Cc2ccc(-c3ccc(C(F)(F)F)cc3)nc2)C1=O. The van der Waals surface area contributed by atoms with Gasteiger partial charge in [-0.05, 0) is 62.7 Å². The molecule has 14 heteroatoms. The van der Waals surface area contributed by atoms with Crippen LogP contribution < -0.4 is 10.2 Å². The molecule has 2 heterocycles. The molecule has 222 valence electrons.